The molecule has 1 aliphatic heterocycles. The molecule has 1 heterocycles. The van der Waals surface area contributed by atoms with Gasteiger partial charge in [-0.1, -0.05) is 35.3 Å². The fourth-order valence-electron chi connectivity index (χ4n) is 3.96. The van der Waals surface area contributed by atoms with Crippen molar-refractivity contribution in [3.05, 3.63) is 75.2 Å². The van der Waals surface area contributed by atoms with Crippen molar-refractivity contribution in [2.75, 3.05) is 4.90 Å². The quantitative estimate of drug-likeness (QED) is 0.648. The summed E-state index contributed by atoms with van der Waals surface area (Å²) in [5, 5.41) is 0.932. The van der Waals surface area contributed by atoms with E-state index in [-0.39, 0.29) is 18.1 Å². The summed E-state index contributed by atoms with van der Waals surface area (Å²) in [4.78, 5) is 27.3. The van der Waals surface area contributed by atoms with Gasteiger partial charge in [0.15, 0.2) is 5.78 Å². The molecule has 6 heteroatoms. The van der Waals surface area contributed by atoms with Gasteiger partial charge in [0.2, 0.25) is 5.91 Å². The molecule has 1 unspecified atom stereocenters. The zero-order valence-electron chi connectivity index (χ0n) is 14.3. The Kier molecular flexibility index (Phi) is 4.79. The Balaban J connectivity index is 1.88. The van der Waals surface area contributed by atoms with Gasteiger partial charge >= 0.3 is 0 Å². The standard InChI is InChI=1S/C21H16Cl2FNO2/c22-12-7-8-15(17(23)9-12)16-11-20(27)25(14-4-1-3-13(24)10-14)18-5-2-6-19(26)21(16)18/h1,3-4,7-10,16H,2,5-6,11H2. The molecule has 3 nitrogen and oxygen atoms in total. The van der Waals surface area contributed by atoms with E-state index in [0.717, 1.165) is 5.56 Å². The minimum absolute atomic E-state index is 0.0150. The summed E-state index contributed by atoms with van der Waals surface area (Å²) in [6.45, 7) is 0. The number of hydrogen-bond acceptors (Lipinski definition) is 2. The Morgan fingerprint density at radius 2 is 1.85 bits per heavy atom. The number of benzene rings is 2. The number of carbonyl (C=O) groups excluding carboxylic acids is 2. The summed E-state index contributed by atoms with van der Waals surface area (Å²) in [5.74, 6) is -0.992. The third-order valence-corrected chi connectivity index (χ3v) is 5.64. The Bertz CT molecular complexity index is 986. The number of ketones is 1. The van der Waals surface area contributed by atoms with E-state index in [1.54, 1.807) is 30.3 Å². The van der Waals surface area contributed by atoms with Gasteiger partial charge in [-0.3, -0.25) is 14.5 Å². The normalized spacial score (nSPS) is 20.1. The predicted molar refractivity (Wildman–Crippen MR) is 104 cm³/mol. The van der Waals surface area contributed by atoms with Gasteiger partial charge in [0.25, 0.3) is 0 Å². The molecule has 2 aromatic carbocycles. The Labute approximate surface area is 166 Å². The molecule has 1 atom stereocenters. The molecule has 2 aromatic rings. The lowest BCUT2D eigenvalue weighted by Crippen LogP contribution is -2.40. The fourth-order valence-corrected chi connectivity index (χ4v) is 4.50. The maximum absolute atomic E-state index is 13.7. The van der Waals surface area contributed by atoms with Gasteiger partial charge in [-0.05, 0) is 48.7 Å². The number of carbonyl (C=O) groups is 2. The highest BCUT2D eigenvalue weighted by Crippen LogP contribution is 2.45. The van der Waals surface area contributed by atoms with Crippen LogP contribution in [-0.2, 0) is 9.59 Å². The molecule has 0 N–H and O–H groups in total. The van der Waals surface area contributed by atoms with Crippen LogP contribution in [0.15, 0.2) is 53.7 Å². The first-order chi connectivity index (χ1) is 13.0. The number of rotatable bonds is 2. The molecule has 0 spiro atoms. The van der Waals surface area contributed by atoms with Crippen LogP contribution in [0.25, 0.3) is 0 Å². The molecule has 1 amide bonds. The lowest BCUT2D eigenvalue weighted by Gasteiger charge is -2.38. The van der Waals surface area contributed by atoms with Crippen molar-refractivity contribution in [2.24, 2.45) is 0 Å². The molecule has 27 heavy (non-hydrogen) atoms. The molecule has 2 aliphatic rings. The molecule has 0 saturated heterocycles. The number of nitrogens with zero attached hydrogens (tertiary/aromatic N) is 1. The average molecular weight is 404 g/mol. The highest BCUT2D eigenvalue weighted by atomic mass is 35.5. The van der Waals surface area contributed by atoms with Gasteiger partial charge in [0, 0.05) is 40.1 Å². The number of amides is 1. The van der Waals surface area contributed by atoms with E-state index in [1.807, 2.05) is 0 Å². The summed E-state index contributed by atoms with van der Waals surface area (Å²) in [6.07, 6.45) is 1.79. The first-order valence-electron chi connectivity index (χ1n) is 8.75. The first kappa shape index (κ1) is 18.2. The van der Waals surface area contributed by atoms with Crippen molar-refractivity contribution in [3.8, 4) is 0 Å². The molecular formula is C21H16Cl2FNO2. The third kappa shape index (κ3) is 3.28. The predicted octanol–water partition coefficient (Wildman–Crippen LogP) is 5.66. The molecule has 0 bridgehead atoms. The van der Waals surface area contributed by atoms with Gasteiger partial charge in [-0.15, -0.1) is 0 Å². The summed E-state index contributed by atoms with van der Waals surface area (Å²) < 4.78 is 13.7. The molecule has 0 aromatic heterocycles. The Morgan fingerprint density at radius 3 is 2.59 bits per heavy atom. The van der Waals surface area contributed by atoms with E-state index in [0.29, 0.717) is 46.3 Å². The van der Waals surface area contributed by atoms with Crippen LogP contribution in [0.2, 0.25) is 10.0 Å². The zero-order chi connectivity index (χ0) is 19.1. The molecule has 1 aliphatic carbocycles. The maximum atomic E-state index is 13.7. The van der Waals surface area contributed by atoms with E-state index < -0.39 is 11.7 Å². The third-order valence-electron chi connectivity index (χ3n) is 5.08. The largest absolute Gasteiger partial charge is 0.294 e. The van der Waals surface area contributed by atoms with Gasteiger partial charge in [-0.25, -0.2) is 4.39 Å². The zero-order valence-corrected chi connectivity index (χ0v) is 15.9. The van der Waals surface area contributed by atoms with Crippen molar-refractivity contribution in [1.29, 1.82) is 0 Å². The van der Waals surface area contributed by atoms with Crippen LogP contribution in [0.3, 0.4) is 0 Å². The summed E-state index contributed by atoms with van der Waals surface area (Å²) in [5.41, 5.74) is 2.43. The van der Waals surface area contributed by atoms with Crippen LogP contribution in [0.5, 0.6) is 0 Å². The minimum atomic E-state index is -0.424. The number of allylic oxidation sites excluding steroid dienone is 2. The Morgan fingerprint density at radius 1 is 1.04 bits per heavy atom. The van der Waals surface area contributed by atoms with Gasteiger partial charge in [0.05, 0.1) is 5.69 Å². The van der Waals surface area contributed by atoms with Crippen LogP contribution in [0, 0.1) is 5.82 Å². The second-order valence-corrected chi connectivity index (χ2v) is 7.61. The van der Waals surface area contributed by atoms with Crippen molar-refractivity contribution in [3.63, 3.8) is 0 Å². The number of anilines is 1. The molecule has 4 rings (SSSR count). The molecular weight excluding hydrogens is 388 g/mol. The summed E-state index contributed by atoms with van der Waals surface area (Å²) in [7, 11) is 0. The first-order valence-corrected chi connectivity index (χ1v) is 9.51. The summed E-state index contributed by atoms with van der Waals surface area (Å²) in [6, 6.07) is 11.0. The second-order valence-electron chi connectivity index (χ2n) is 6.77. The van der Waals surface area contributed by atoms with Crippen molar-refractivity contribution < 1.29 is 14.0 Å². The smallest absolute Gasteiger partial charge is 0.232 e. The van der Waals surface area contributed by atoms with E-state index in [4.69, 9.17) is 23.2 Å². The van der Waals surface area contributed by atoms with Crippen molar-refractivity contribution in [2.45, 2.75) is 31.6 Å². The highest BCUT2D eigenvalue weighted by Gasteiger charge is 2.40. The van der Waals surface area contributed by atoms with Gasteiger partial charge in [-0.2, -0.15) is 0 Å². The fraction of sp³-hybridized carbons (Fsp3) is 0.238. The van der Waals surface area contributed by atoms with Crippen LogP contribution in [-0.4, -0.2) is 11.7 Å². The SMILES string of the molecule is O=C1CCCC2=C1C(c1ccc(Cl)cc1Cl)CC(=O)N2c1cccc(F)c1. The molecule has 0 saturated carbocycles. The molecule has 138 valence electrons. The van der Waals surface area contributed by atoms with Crippen molar-refractivity contribution >= 4 is 40.6 Å². The minimum Gasteiger partial charge on any atom is -0.294 e. The van der Waals surface area contributed by atoms with Gasteiger partial charge < -0.3 is 0 Å². The van der Waals surface area contributed by atoms with E-state index in [1.165, 1.54) is 17.0 Å². The van der Waals surface area contributed by atoms with Crippen LogP contribution in [0.4, 0.5) is 10.1 Å². The summed E-state index contributed by atoms with van der Waals surface area (Å²) >= 11 is 12.4. The van der Waals surface area contributed by atoms with Crippen LogP contribution in [0.1, 0.15) is 37.2 Å². The average Bonchev–Trinajstić information content (AvgIpc) is 2.61. The lowest BCUT2D eigenvalue weighted by molar-refractivity contribution is -0.119. The van der Waals surface area contributed by atoms with E-state index in [2.05, 4.69) is 0 Å². The molecule has 0 radical (unpaired) electrons. The van der Waals surface area contributed by atoms with E-state index >= 15 is 0 Å². The maximum Gasteiger partial charge on any atom is 0.232 e. The Hall–Kier alpha value is -2.17. The van der Waals surface area contributed by atoms with Crippen LogP contribution < -0.4 is 4.90 Å². The number of Topliss-reactive ketones (excluding diaryl/α,β-unsaturated/α-hetero) is 1. The highest BCUT2D eigenvalue weighted by molar-refractivity contribution is 6.35. The number of halogens is 3. The lowest BCUT2D eigenvalue weighted by atomic mass is 9.77. The topological polar surface area (TPSA) is 37.4 Å². The van der Waals surface area contributed by atoms with Gasteiger partial charge in [0.1, 0.15) is 5.82 Å². The number of hydrogen-bond donors (Lipinski definition) is 0. The monoisotopic (exact) mass is 403 g/mol. The van der Waals surface area contributed by atoms with Crippen molar-refractivity contribution in [1.82, 2.24) is 0 Å². The second kappa shape index (κ2) is 7.10. The molecule has 0 fully saturated rings. The van der Waals surface area contributed by atoms with E-state index in [9.17, 15) is 14.0 Å². The van der Waals surface area contributed by atoms with Crippen LogP contribution >= 0.6 is 23.2 Å².